The van der Waals surface area contributed by atoms with Crippen LogP contribution in [0.4, 0.5) is 0 Å². The first-order chi connectivity index (χ1) is 11.6. The van der Waals surface area contributed by atoms with Gasteiger partial charge in [-0.3, -0.25) is 9.69 Å². The fraction of sp³-hybridized carbons (Fsp3) is 0.722. The van der Waals surface area contributed by atoms with Crippen LogP contribution in [-0.2, 0) is 16.1 Å². The van der Waals surface area contributed by atoms with Gasteiger partial charge in [-0.25, -0.2) is 0 Å². The number of likely N-dealkylation sites (tertiary alicyclic amines) is 1. The van der Waals surface area contributed by atoms with Crippen molar-refractivity contribution in [1.82, 2.24) is 9.80 Å². The molecule has 3 aliphatic rings. The minimum absolute atomic E-state index is 0.0266. The predicted octanol–water partition coefficient (Wildman–Crippen LogP) is 1.57. The molecule has 1 aromatic heterocycles. The van der Waals surface area contributed by atoms with Crippen molar-refractivity contribution in [2.24, 2.45) is 11.3 Å². The van der Waals surface area contributed by atoms with E-state index < -0.39 is 0 Å². The standard InChI is InChI=1S/C18H26N2O3S/c21-15-8-14(9-15)17(22)20-5-6-23-13-18(12-20)3-4-19(11-18)10-16-2-1-7-24-16/h1-2,7,14-15,21H,3-6,8-13H2/t14?,15?,18-/m0/s1. The lowest BCUT2D eigenvalue weighted by atomic mass is 9.80. The van der Waals surface area contributed by atoms with Crippen molar-refractivity contribution in [2.45, 2.75) is 31.9 Å². The molecule has 6 heteroatoms. The van der Waals surface area contributed by atoms with Gasteiger partial charge in [0.2, 0.25) is 5.91 Å². The Kier molecular flexibility index (Phi) is 4.64. The van der Waals surface area contributed by atoms with Crippen molar-refractivity contribution in [3.05, 3.63) is 22.4 Å². The normalized spacial score (nSPS) is 34.3. The number of hydrogen-bond donors (Lipinski definition) is 1. The molecule has 1 aliphatic carbocycles. The summed E-state index contributed by atoms with van der Waals surface area (Å²) in [6.07, 6.45) is 2.08. The van der Waals surface area contributed by atoms with Gasteiger partial charge in [-0.15, -0.1) is 11.3 Å². The molecule has 0 unspecified atom stereocenters. The largest absolute Gasteiger partial charge is 0.393 e. The van der Waals surface area contributed by atoms with Crippen molar-refractivity contribution in [3.63, 3.8) is 0 Å². The molecule has 1 aromatic rings. The summed E-state index contributed by atoms with van der Waals surface area (Å²) in [5.41, 5.74) is 0.0752. The summed E-state index contributed by atoms with van der Waals surface area (Å²) in [6.45, 7) is 5.96. The molecule has 1 amide bonds. The molecule has 1 atom stereocenters. The average Bonchev–Trinajstić information content (AvgIpc) is 3.12. The predicted molar refractivity (Wildman–Crippen MR) is 92.8 cm³/mol. The van der Waals surface area contributed by atoms with Crippen LogP contribution in [0, 0.1) is 11.3 Å². The van der Waals surface area contributed by atoms with E-state index in [2.05, 4.69) is 22.4 Å². The van der Waals surface area contributed by atoms with Gasteiger partial charge in [0.25, 0.3) is 0 Å². The Morgan fingerprint density at radius 3 is 3.00 bits per heavy atom. The Bertz CT molecular complexity index is 573. The third kappa shape index (κ3) is 3.38. The average molecular weight is 350 g/mol. The van der Waals surface area contributed by atoms with Crippen molar-refractivity contribution in [2.75, 3.05) is 39.4 Å². The van der Waals surface area contributed by atoms with Crippen LogP contribution in [0.1, 0.15) is 24.1 Å². The minimum Gasteiger partial charge on any atom is -0.393 e. The number of rotatable bonds is 3. The molecule has 3 heterocycles. The summed E-state index contributed by atoms with van der Waals surface area (Å²) >= 11 is 1.81. The van der Waals surface area contributed by atoms with Crippen LogP contribution in [0.15, 0.2) is 17.5 Å². The maximum atomic E-state index is 12.7. The molecule has 1 saturated carbocycles. The van der Waals surface area contributed by atoms with E-state index in [9.17, 15) is 9.90 Å². The fourth-order valence-corrected chi connectivity index (χ4v) is 5.01. The lowest BCUT2D eigenvalue weighted by molar-refractivity contribution is -0.143. The smallest absolute Gasteiger partial charge is 0.225 e. The van der Waals surface area contributed by atoms with Gasteiger partial charge in [-0.1, -0.05) is 6.07 Å². The first-order valence-electron chi connectivity index (χ1n) is 8.93. The van der Waals surface area contributed by atoms with E-state index in [1.165, 1.54) is 4.88 Å². The number of carbonyl (C=O) groups excluding carboxylic acids is 1. The molecule has 2 aliphatic heterocycles. The van der Waals surface area contributed by atoms with E-state index in [1.807, 2.05) is 16.2 Å². The number of nitrogens with zero attached hydrogens (tertiary/aromatic N) is 2. The third-order valence-electron chi connectivity index (χ3n) is 5.69. The molecule has 0 radical (unpaired) electrons. The van der Waals surface area contributed by atoms with Gasteiger partial charge < -0.3 is 14.7 Å². The summed E-state index contributed by atoms with van der Waals surface area (Å²) < 4.78 is 5.88. The summed E-state index contributed by atoms with van der Waals surface area (Å²) in [7, 11) is 0. The van der Waals surface area contributed by atoms with Crippen molar-refractivity contribution in [3.8, 4) is 0 Å². The SMILES string of the molecule is O=C(C1CC(O)C1)N1CCOC[C@]2(CCN(Cc3cccs3)C2)C1. The number of aliphatic hydroxyl groups is 1. The summed E-state index contributed by atoms with van der Waals surface area (Å²) in [5, 5.41) is 11.6. The highest BCUT2D eigenvalue weighted by molar-refractivity contribution is 7.09. The lowest BCUT2D eigenvalue weighted by Gasteiger charge is -2.37. The Labute approximate surface area is 147 Å². The van der Waals surface area contributed by atoms with Gasteiger partial charge in [0.05, 0.1) is 19.3 Å². The van der Waals surface area contributed by atoms with Gasteiger partial charge >= 0.3 is 0 Å². The zero-order valence-corrected chi connectivity index (χ0v) is 14.8. The highest BCUT2D eigenvalue weighted by atomic mass is 32.1. The third-order valence-corrected chi connectivity index (χ3v) is 6.55. The first kappa shape index (κ1) is 16.5. The van der Waals surface area contributed by atoms with Crippen LogP contribution in [0.3, 0.4) is 0 Å². The molecule has 1 spiro atoms. The summed E-state index contributed by atoms with van der Waals surface area (Å²) in [4.78, 5) is 18.6. The highest BCUT2D eigenvalue weighted by Gasteiger charge is 2.44. The van der Waals surface area contributed by atoms with Crippen LogP contribution in [-0.4, -0.2) is 66.3 Å². The van der Waals surface area contributed by atoms with Crippen molar-refractivity contribution >= 4 is 17.2 Å². The van der Waals surface area contributed by atoms with Crippen LogP contribution >= 0.6 is 11.3 Å². The van der Waals surface area contributed by atoms with Crippen LogP contribution in [0.2, 0.25) is 0 Å². The maximum absolute atomic E-state index is 12.7. The summed E-state index contributed by atoms with van der Waals surface area (Å²) in [5.74, 6) is 0.251. The van der Waals surface area contributed by atoms with E-state index in [-0.39, 0.29) is 23.3 Å². The number of amides is 1. The molecular weight excluding hydrogens is 324 g/mol. The first-order valence-corrected chi connectivity index (χ1v) is 9.81. The quantitative estimate of drug-likeness (QED) is 0.899. The van der Waals surface area contributed by atoms with Crippen LogP contribution < -0.4 is 0 Å². The molecule has 0 aromatic carbocycles. The monoisotopic (exact) mass is 350 g/mol. The van der Waals surface area contributed by atoms with Gasteiger partial charge in [-0.2, -0.15) is 0 Å². The van der Waals surface area contributed by atoms with E-state index in [0.29, 0.717) is 26.0 Å². The molecule has 5 nitrogen and oxygen atoms in total. The van der Waals surface area contributed by atoms with Gasteiger partial charge in [0.1, 0.15) is 0 Å². The number of hydrogen-bond acceptors (Lipinski definition) is 5. The Balaban J connectivity index is 1.39. The van der Waals surface area contributed by atoms with E-state index in [4.69, 9.17) is 4.74 Å². The number of aliphatic hydroxyl groups excluding tert-OH is 1. The van der Waals surface area contributed by atoms with Crippen molar-refractivity contribution < 1.29 is 14.6 Å². The molecule has 132 valence electrons. The zero-order valence-electron chi connectivity index (χ0n) is 14.0. The Morgan fingerprint density at radius 2 is 2.25 bits per heavy atom. The highest BCUT2D eigenvalue weighted by Crippen LogP contribution is 2.36. The second kappa shape index (κ2) is 6.75. The fourth-order valence-electron chi connectivity index (χ4n) is 4.26. The van der Waals surface area contributed by atoms with Crippen LogP contribution in [0.5, 0.6) is 0 Å². The van der Waals surface area contributed by atoms with Gasteiger partial charge in [-0.05, 0) is 37.3 Å². The van der Waals surface area contributed by atoms with E-state index in [1.54, 1.807) is 0 Å². The van der Waals surface area contributed by atoms with E-state index in [0.717, 1.165) is 39.2 Å². The second-order valence-electron chi connectivity index (χ2n) is 7.67. The number of ether oxygens (including phenoxy) is 1. The lowest BCUT2D eigenvalue weighted by Crippen LogP contribution is -2.48. The summed E-state index contributed by atoms with van der Waals surface area (Å²) in [6, 6.07) is 4.30. The Hall–Kier alpha value is -0.950. The second-order valence-corrected chi connectivity index (χ2v) is 8.71. The molecule has 2 saturated heterocycles. The van der Waals surface area contributed by atoms with Crippen LogP contribution in [0.25, 0.3) is 0 Å². The van der Waals surface area contributed by atoms with Gasteiger partial charge in [0, 0.05) is 42.4 Å². The molecule has 0 bridgehead atoms. The van der Waals surface area contributed by atoms with Crippen molar-refractivity contribution in [1.29, 1.82) is 0 Å². The molecule has 1 N–H and O–H groups in total. The molecular formula is C18H26N2O3S. The molecule has 24 heavy (non-hydrogen) atoms. The topological polar surface area (TPSA) is 53.0 Å². The Morgan fingerprint density at radius 1 is 1.38 bits per heavy atom. The number of carbonyl (C=O) groups is 1. The molecule has 4 rings (SSSR count). The molecule has 3 fully saturated rings. The van der Waals surface area contributed by atoms with Gasteiger partial charge in [0.15, 0.2) is 0 Å². The number of thiophene rings is 1. The maximum Gasteiger partial charge on any atom is 0.225 e. The zero-order chi connectivity index (χ0) is 16.6. The minimum atomic E-state index is -0.274. The van der Waals surface area contributed by atoms with E-state index >= 15 is 0 Å².